The summed E-state index contributed by atoms with van der Waals surface area (Å²) in [5.74, 6) is -0.0826. The van der Waals surface area contributed by atoms with Crippen molar-refractivity contribution in [3.63, 3.8) is 0 Å². The zero-order chi connectivity index (χ0) is 20.0. The van der Waals surface area contributed by atoms with Crippen LogP contribution in [0.1, 0.15) is 25.3 Å². The second-order valence-corrected chi connectivity index (χ2v) is 5.63. The van der Waals surface area contributed by atoms with Gasteiger partial charge in [-0.05, 0) is 31.5 Å². The van der Waals surface area contributed by atoms with Crippen LogP contribution in [-0.2, 0) is 14.3 Å². The van der Waals surface area contributed by atoms with E-state index in [0.29, 0.717) is 22.8 Å². The first-order chi connectivity index (χ1) is 13.0. The molecule has 1 aliphatic heterocycles. The first-order valence-electron chi connectivity index (χ1n) is 8.35. The molecule has 1 aromatic rings. The van der Waals surface area contributed by atoms with E-state index in [1.54, 1.807) is 38.1 Å². The highest BCUT2D eigenvalue weighted by Crippen LogP contribution is 2.42. The molecular weight excluding hydrogens is 348 g/mol. The minimum absolute atomic E-state index is 0.0440. The van der Waals surface area contributed by atoms with Crippen molar-refractivity contribution in [1.29, 1.82) is 5.26 Å². The molecule has 0 radical (unpaired) electrons. The molecule has 0 fully saturated rings. The maximum Gasteiger partial charge on any atom is 0.338 e. The maximum atomic E-state index is 12.5. The van der Waals surface area contributed by atoms with Gasteiger partial charge in [0.15, 0.2) is 11.5 Å². The van der Waals surface area contributed by atoms with Crippen LogP contribution in [0, 0.1) is 11.3 Å². The number of carbonyl (C=O) groups excluding carboxylic acids is 1. The van der Waals surface area contributed by atoms with Gasteiger partial charge in [0.05, 0.1) is 25.2 Å². The molecule has 0 aliphatic carbocycles. The lowest BCUT2D eigenvalue weighted by Crippen LogP contribution is -2.25. The van der Waals surface area contributed by atoms with Crippen LogP contribution in [0.4, 0.5) is 0 Å². The summed E-state index contributed by atoms with van der Waals surface area (Å²) in [5.41, 5.74) is 6.88. The van der Waals surface area contributed by atoms with Gasteiger partial charge in [0.1, 0.15) is 24.0 Å². The summed E-state index contributed by atoms with van der Waals surface area (Å²) in [6, 6.07) is 7.19. The number of hydrogen-bond acceptors (Lipinski definition) is 7. The fraction of sp³-hybridized carbons (Fsp3) is 0.300. The molecular formula is C20H22N2O5. The third kappa shape index (κ3) is 4.06. The number of esters is 1. The Hall–Kier alpha value is -3.40. The molecule has 27 heavy (non-hydrogen) atoms. The van der Waals surface area contributed by atoms with Gasteiger partial charge in [-0.25, -0.2) is 4.79 Å². The summed E-state index contributed by atoms with van der Waals surface area (Å²) in [6.07, 6.45) is 1.60. The van der Waals surface area contributed by atoms with Crippen molar-refractivity contribution >= 4 is 5.97 Å². The van der Waals surface area contributed by atoms with E-state index in [1.165, 1.54) is 7.11 Å². The fourth-order valence-corrected chi connectivity index (χ4v) is 2.82. The Balaban J connectivity index is 2.62. The molecule has 0 bridgehead atoms. The normalized spacial score (nSPS) is 16.3. The lowest BCUT2D eigenvalue weighted by molar-refractivity contribution is -0.139. The van der Waals surface area contributed by atoms with Crippen LogP contribution in [0.2, 0.25) is 0 Å². The van der Waals surface area contributed by atoms with Gasteiger partial charge in [-0.3, -0.25) is 0 Å². The molecule has 7 nitrogen and oxygen atoms in total. The fourth-order valence-electron chi connectivity index (χ4n) is 2.82. The zero-order valence-electron chi connectivity index (χ0n) is 15.6. The van der Waals surface area contributed by atoms with Crippen LogP contribution >= 0.6 is 0 Å². The lowest BCUT2D eigenvalue weighted by atomic mass is 9.83. The third-order valence-corrected chi connectivity index (χ3v) is 3.98. The summed E-state index contributed by atoms with van der Waals surface area (Å²) in [5, 5.41) is 9.61. The van der Waals surface area contributed by atoms with Crippen LogP contribution in [0.5, 0.6) is 11.5 Å². The van der Waals surface area contributed by atoms with E-state index in [9.17, 15) is 10.1 Å². The SMILES string of the molecule is C=CCOc1cc(C2C(C#N)=C(N)OC(C)=C2C(=O)OCC)ccc1OC. The molecule has 1 unspecified atom stereocenters. The van der Waals surface area contributed by atoms with Gasteiger partial charge in [-0.1, -0.05) is 18.7 Å². The van der Waals surface area contributed by atoms with Gasteiger partial charge >= 0.3 is 5.97 Å². The van der Waals surface area contributed by atoms with E-state index in [1.807, 2.05) is 6.07 Å². The summed E-state index contributed by atoms with van der Waals surface area (Å²) in [6.45, 7) is 7.41. The Morgan fingerprint density at radius 3 is 2.78 bits per heavy atom. The van der Waals surface area contributed by atoms with Gasteiger partial charge in [0.2, 0.25) is 5.88 Å². The summed E-state index contributed by atoms with van der Waals surface area (Å²) in [4.78, 5) is 12.5. The lowest BCUT2D eigenvalue weighted by Gasteiger charge is -2.27. The predicted octanol–water partition coefficient (Wildman–Crippen LogP) is 2.90. The van der Waals surface area contributed by atoms with Gasteiger partial charge in [0, 0.05) is 0 Å². The monoisotopic (exact) mass is 370 g/mol. The number of allylic oxidation sites excluding steroid dienone is 2. The Morgan fingerprint density at radius 1 is 1.44 bits per heavy atom. The second-order valence-electron chi connectivity index (χ2n) is 5.63. The highest BCUT2D eigenvalue weighted by molar-refractivity contribution is 5.92. The number of rotatable bonds is 7. The Labute approximate surface area is 158 Å². The van der Waals surface area contributed by atoms with Crippen LogP contribution in [0.15, 0.2) is 53.6 Å². The minimum atomic E-state index is -0.736. The number of nitrogens with zero attached hydrogens (tertiary/aromatic N) is 1. The molecule has 142 valence electrons. The van der Waals surface area contributed by atoms with Crippen molar-refractivity contribution in [2.45, 2.75) is 19.8 Å². The molecule has 0 amide bonds. The Morgan fingerprint density at radius 2 is 2.19 bits per heavy atom. The number of benzene rings is 1. The van der Waals surface area contributed by atoms with Gasteiger partial charge in [0.25, 0.3) is 0 Å². The number of carbonyl (C=O) groups is 1. The number of nitrogens with two attached hydrogens (primary N) is 1. The predicted molar refractivity (Wildman–Crippen MR) is 98.7 cm³/mol. The van der Waals surface area contributed by atoms with E-state index in [0.717, 1.165) is 0 Å². The minimum Gasteiger partial charge on any atom is -0.493 e. The Kier molecular flexibility index (Phi) is 6.50. The highest BCUT2D eigenvalue weighted by atomic mass is 16.5. The molecule has 1 aromatic carbocycles. The van der Waals surface area contributed by atoms with Crippen molar-refractivity contribution in [3.8, 4) is 17.6 Å². The highest BCUT2D eigenvalue weighted by Gasteiger charge is 2.36. The van der Waals surface area contributed by atoms with Crippen LogP contribution in [0.25, 0.3) is 0 Å². The van der Waals surface area contributed by atoms with Crippen molar-refractivity contribution in [2.24, 2.45) is 5.73 Å². The molecule has 7 heteroatoms. The molecule has 0 saturated heterocycles. The van der Waals surface area contributed by atoms with Crippen molar-refractivity contribution < 1.29 is 23.7 Å². The van der Waals surface area contributed by atoms with E-state index < -0.39 is 11.9 Å². The molecule has 1 aliphatic rings. The summed E-state index contributed by atoms with van der Waals surface area (Å²) >= 11 is 0. The van der Waals surface area contributed by atoms with Crippen LogP contribution in [-0.4, -0.2) is 26.3 Å². The first kappa shape index (κ1) is 19.9. The van der Waals surface area contributed by atoms with E-state index in [-0.39, 0.29) is 30.2 Å². The van der Waals surface area contributed by atoms with Crippen LogP contribution < -0.4 is 15.2 Å². The number of methoxy groups -OCH3 is 1. The Bertz CT molecular complexity index is 848. The van der Waals surface area contributed by atoms with E-state index in [4.69, 9.17) is 24.7 Å². The average Bonchev–Trinajstić information content (AvgIpc) is 2.65. The average molecular weight is 370 g/mol. The quantitative estimate of drug-likeness (QED) is 0.581. The molecule has 1 atom stereocenters. The van der Waals surface area contributed by atoms with Crippen molar-refractivity contribution in [1.82, 2.24) is 0 Å². The van der Waals surface area contributed by atoms with Gasteiger partial charge in [-0.2, -0.15) is 5.26 Å². The van der Waals surface area contributed by atoms with Crippen molar-refractivity contribution in [3.05, 3.63) is 59.2 Å². The van der Waals surface area contributed by atoms with Crippen LogP contribution in [0.3, 0.4) is 0 Å². The number of ether oxygens (including phenoxy) is 4. The number of hydrogen-bond donors (Lipinski definition) is 1. The zero-order valence-corrected chi connectivity index (χ0v) is 15.6. The summed E-state index contributed by atoms with van der Waals surface area (Å²) in [7, 11) is 1.52. The smallest absolute Gasteiger partial charge is 0.338 e. The molecule has 0 aromatic heterocycles. The molecule has 0 saturated carbocycles. The largest absolute Gasteiger partial charge is 0.493 e. The van der Waals surface area contributed by atoms with E-state index >= 15 is 0 Å². The molecule has 0 spiro atoms. The maximum absolute atomic E-state index is 12.5. The molecule has 2 N–H and O–H groups in total. The van der Waals surface area contributed by atoms with Gasteiger partial charge < -0.3 is 24.7 Å². The first-order valence-corrected chi connectivity index (χ1v) is 8.35. The summed E-state index contributed by atoms with van der Waals surface area (Å²) < 4.78 is 21.5. The third-order valence-electron chi connectivity index (χ3n) is 3.98. The van der Waals surface area contributed by atoms with Crippen molar-refractivity contribution in [2.75, 3.05) is 20.3 Å². The topological polar surface area (TPSA) is 104 Å². The molecule has 2 rings (SSSR count). The van der Waals surface area contributed by atoms with Gasteiger partial charge in [-0.15, -0.1) is 0 Å². The standard InChI is InChI=1S/C20H22N2O5/c1-5-9-26-16-10-13(7-8-15(16)24-4)18-14(11-21)19(22)27-12(3)17(18)20(23)25-6-2/h5,7-8,10,18H,1,6,9,22H2,2-4H3. The second kappa shape index (κ2) is 8.81. The molecule has 1 heterocycles. The van der Waals surface area contributed by atoms with E-state index in [2.05, 4.69) is 6.58 Å². The number of nitriles is 1.